The normalized spacial score (nSPS) is 41.8. The van der Waals surface area contributed by atoms with E-state index in [-0.39, 0.29) is 17.8 Å². The van der Waals surface area contributed by atoms with Crippen molar-refractivity contribution in [2.45, 2.75) is 68.8 Å². The van der Waals surface area contributed by atoms with E-state index in [9.17, 15) is 15.1 Å². The molecule has 1 saturated heterocycles. The molecule has 4 atom stereocenters. The third kappa shape index (κ3) is 3.41. The van der Waals surface area contributed by atoms with Crippen molar-refractivity contribution in [2.24, 2.45) is 23.7 Å². The van der Waals surface area contributed by atoms with Crippen LogP contribution in [0.25, 0.3) is 0 Å². The Balaban J connectivity index is 1.73. The number of hydrogen-bond acceptors (Lipinski definition) is 5. The van der Waals surface area contributed by atoms with Crippen LogP contribution in [0.15, 0.2) is 0 Å². The molecule has 0 aromatic carbocycles. The van der Waals surface area contributed by atoms with Crippen LogP contribution in [0.2, 0.25) is 0 Å². The van der Waals surface area contributed by atoms with Gasteiger partial charge in [-0.2, -0.15) is 0 Å². The van der Waals surface area contributed by atoms with E-state index >= 15 is 0 Å². The molecule has 23 heavy (non-hydrogen) atoms. The van der Waals surface area contributed by atoms with Crippen LogP contribution in [0.5, 0.6) is 0 Å². The average molecular weight is 342 g/mol. The number of carboxylic acid groups (broad SMARTS) is 1. The minimum absolute atomic E-state index is 0.0939. The van der Waals surface area contributed by atoms with Gasteiger partial charge in [-0.25, -0.2) is 0 Å². The maximum atomic E-state index is 12.5. The van der Waals surface area contributed by atoms with Crippen molar-refractivity contribution in [3.8, 4) is 0 Å². The number of nitrogens with zero attached hydrogens (tertiary/aromatic N) is 1. The molecule has 5 nitrogen and oxygen atoms in total. The summed E-state index contributed by atoms with van der Waals surface area (Å²) in [7, 11) is 0. The zero-order chi connectivity index (χ0) is 16.6. The summed E-state index contributed by atoms with van der Waals surface area (Å²) in [6.07, 6.45) is 7.86. The fourth-order valence-electron chi connectivity index (χ4n) is 5.19. The van der Waals surface area contributed by atoms with Crippen molar-refractivity contribution in [2.75, 3.05) is 6.54 Å². The third-order valence-corrected chi connectivity index (χ3v) is 7.15. The Labute approximate surface area is 143 Å². The maximum Gasteiger partial charge on any atom is 0.306 e. The van der Waals surface area contributed by atoms with Gasteiger partial charge in [-0.1, -0.05) is 19.3 Å². The summed E-state index contributed by atoms with van der Waals surface area (Å²) in [6.45, 7) is 0.485. The number of carboxylic acids is 1. The van der Waals surface area contributed by atoms with Gasteiger partial charge >= 0.3 is 5.97 Å². The molecule has 0 radical (unpaired) electrons. The van der Waals surface area contributed by atoms with E-state index in [4.69, 9.17) is 5.11 Å². The zero-order valence-corrected chi connectivity index (χ0v) is 14.5. The Kier molecular flexibility index (Phi) is 5.26. The van der Waals surface area contributed by atoms with Crippen LogP contribution in [-0.4, -0.2) is 38.8 Å². The van der Waals surface area contributed by atoms with Crippen molar-refractivity contribution >= 4 is 18.6 Å². The highest BCUT2D eigenvalue weighted by Crippen LogP contribution is 2.49. The van der Waals surface area contributed by atoms with Crippen molar-refractivity contribution in [3.63, 3.8) is 0 Å². The van der Waals surface area contributed by atoms with E-state index in [2.05, 4.69) is 12.6 Å². The summed E-state index contributed by atoms with van der Waals surface area (Å²) >= 11 is 4.60. The highest BCUT2D eigenvalue weighted by molar-refractivity contribution is 7.81. The lowest BCUT2D eigenvalue weighted by molar-refractivity contribution is -0.144. The van der Waals surface area contributed by atoms with Gasteiger partial charge in [-0.3, -0.25) is 4.79 Å². The van der Waals surface area contributed by atoms with Gasteiger partial charge in [0, 0.05) is 6.04 Å². The average Bonchev–Trinajstić information content (AvgIpc) is 2.54. The van der Waals surface area contributed by atoms with Crippen LogP contribution in [0.4, 0.5) is 0 Å². The van der Waals surface area contributed by atoms with E-state index in [1.165, 1.54) is 6.42 Å². The molecule has 2 N–H and O–H groups in total. The van der Waals surface area contributed by atoms with Gasteiger partial charge in [0.2, 0.25) is 0 Å². The van der Waals surface area contributed by atoms with Gasteiger partial charge in [0.1, 0.15) is 4.93 Å². The molecule has 0 aromatic rings. The topological polar surface area (TPSA) is 83.8 Å². The predicted octanol–water partition coefficient (Wildman–Crippen LogP) is 2.87. The fraction of sp³-hybridized carbons (Fsp3) is 0.941. The predicted molar refractivity (Wildman–Crippen MR) is 90.9 cm³/mol. The second kappa shape index (κ2) is 6.90. The molecule has 3 unspecified atom stereocenters. The van der Waals surface area contributed by atoms with Crippen molar-refractivity contribution < 1.29 is 15.0 Å². The summed E-state index contributed by atoms with van der Waals surface area (Å²) in [4.78, 5) is 9.80. The first kappa shape index (κ1) is 17.5. The Bertz CT molecular complexity index is 436. The summed E-state index contributed by atoms with van der Waals surface area (Å²) in [5, 5.41) is 33.9. The number of aliphatic hydroxyl groups is 1. The van der Waals surface area contributed by atoms with Crippen LogP contribution in [-0.2, 0) is 4.79 Å². The number of thiol groups is 1. The molecule has 0 bridgehead atoms. The van der Waals surface area contributed by atoms with Crippen LogP contribution >= 0.6 is 12.6 Å². The SMILES string of the molecule is O=C(O)C1CCC([C@](O)(S)C2C3CCCCC3CCN2[O-])CC1. The number of hydrogen-bond donors (Lipinski definition) is 3. The lowest BCUT2D eigenvalue weighted by atomic mass is 9.66. The van der Waals surface area contributed by atoms with E-state index in [0.717, 1.165) is 30.7 Å². The van der Waals surface area contributed by atoms with Crippen molar-refractivity contribution in [3.05, 3.63) is 5.21 Å². The molecule has 0 aromatic heterocycles. The number of rotatable bonds is 3. The Hall–Kier alpha value is -0.300. The fourth-order valence-corrected chi connectivity index (χ4v) is 5.77. The maximum absolute atomic E-state index is 12.5. The zero-order valence-electron chi connectivity index (χ0n) is 13.6. The van der Waals surface area contributed by atoms with Crippen LogP contribution < -0.4 is 0 Å². The van der Waals surface area contributed by atoms with Gasteiger partial charge in [0.05, 0.1) is 5.92 Å². The minimum atomic E-state index is -1.31. The molecule has 1 aliphatic heterocycles. The van der Waals surface area contributed by atoms with Crippen LogP contribution in [0, 0.1) is 28.9 Å². The number of piperidine rings is 1. The van der Waals surface area contributed by atoms with Crippen LogP contribution in [0.1, 0.15) is 57.8 Å². The quantitative estimate of drug-likeness (QED) is 0.542. The summed E-state index contributed by atoms with van der Waals surface area (Å²) < 4.78 is 0. The van der Waals surface area contributed by atoms with Crippen molar-refractivity contribution in [1.29, 1.82) is 0 Å². The van der Waals surface area contributed by atoms with Gasteiger partial charge in [0.15, 0.2) is 0 Å². The minimum Gasteiger partial charge on any atom is -0.785 e. The van der Waals surface area contributed by atoms with Gasteiger partial charge in [-0.15, -0.1) is 12.6 Å². The second-order valence-electron chi connectivity index (χ2n) is 7.75. The van der Waals surface area contributed by atoms with Crippen molar-refractivity contribution in [1.82, 2.24) is 5.06 Å². The van der Waals surface area contributed by atoms with E-state index in [1.54, 1.807) is 0 Å². The molecule has 3 aliphatic rings. The Morgan fingerprint density at radius 1 is 1.09 bits per heavy atom. The smallest absolute Gasteiger partial charge is 0.306 e. The molecule has 132 valence electrons. The molecular weight excluding hydrogens is 314 g/mol. The Morgan fingerprint density at radius 3 is 2.39 bits per heavy atom. The molecule has 2 saturated carbocycles. The summed E-state index contributed by atoms with van der Waals surface area (Å²) in [5.41, 5.74) is 0. The monoisotopic (exact) mass is 342 g/mol. The largest absolute Gasteiger partial charge is 0.785 e. The first-order chi connectivity index (χ1) is 10.9. The lowest BCUT2D eigenvalue weighted by Gasteiger charge is -2.57. The van der Waals surface area contributed by atoms with E-state index < -0.39 is 16.9 Å². The molecule has 0 amide bonds. The van der Waals surface area contributed by atoms with E-state index in [1.807, 2.05) is 0 Å². The van der Waals surface area contributed by atoms with Gasteiger partial charge < -0.3 is 20.5 Å². The number of aliphatic carboxylic acids is 1. The van der Waals surface area contributed by atoms with Gasteiger partial charge in [0.25, 0.3) is 0 Å². The highest BCUT2D eigenvalue weighted by atomic mass is 32.1. The molecule has 3 fully saturated rings. The molecule has 1 heterocycles. The molecular formula is C17H28NO4S-. The standard InChI is InChI=1S/C17H28NO4S/c19-16(20)12-5-7-13(8-6-12)17(21,23)15-14-4-2-1-3-11(14)9-10-18(15)22/h11-15,21,23H,1-10H2,(H,19,20)/q-1/t11?,12?,13?,14?,15?,17-/m0/s1. The molecule has 0 spiro atoms. The first-order valence-corrected chi connectivity index (χ1v) is 9.47. The summed E-state index contributed by atoms with van der Waals surface area (Å²) in [5.74, 6) is -0.389. The van der Waals surface area contributed by atoms with Crippen LogP contribution in [0.3, 0.4) is 0 Å². The number of fused-ring (bicyclic) bond motifs is 1. The van der Waals surface area contributed by atoms with E-state index in [0.29, 0.717) is 38.1 Å². The summed E-state index contributed by atoms with van der Waals surface area (Å²) in [6, 6.07) is -0.448. The molecule has 2 aliphatic carbocycles. The molecule has 6 heteroatoms. The second-order valence-corrected chi connectivity index (χ2v) is 8.47. The Morgan fingerprint density at radius 2 is 1.74 bits per heavy atom. The third-order valence-electron chi connectivity index (χ3n) is 6.52. The number of carbonyl (C=O) groups is 1. The first-order valence-electron chi connectivity index (χ1n) is 9.02. The molecule has 3 rings (SSSR count). The highest BCUT2D eigenvalue weighted by Gasteiger charge is 2.50. The van der Waals surface area contributed by atoms with Gasteiger partial charge in [-0.05, 0) is 62.8 Å². The lowest BCUT2D eigenvalue weighted by Crippen LogP contribution is -2.60. The number of hydroxylamine groups is 2.